The average Bonchev–Trinajstić information content (AvgIpc) is 3.12. The number of hydrogen-bond donors (Lipinski definition) is 1. The topological polar surface area (TPSA) is 98.8 Å². The van der Waals surface area contributed by atoms with Gasteiger partial charge in [-0.1, -0.05) is 30.3 Å². The molecule has 0 radical (unpaired) electrons. The zero-order valence-corrected chi connectivity index (χ0v) is 14.3. The molecule has 0 bridgehead atoms. The molecular formula is C19H16N6O2. The lowest BCUT2D eigenvalue weighted by Gasteiger charge is -2.08. The Bertz CT molecular complexity index is 1090. The van der Waals surface area contributed by atoms with Crippen molar-refractivity contribution < 1.29 is 4.92 Å². The number of hydrogen-bond acceptors (Lipinski definition) is 6. The molecule has 134 valence electrons. The smallest absolute Gasteiger partial charge is 0.271 e. The van der Waals surface area contributed by atoms with Gasteiger partial charge in [-0.05, 0) is 24.1 Å². The number of nitrogens with one attached hydrogen (secondary N) is 1. The number of nitro groups is 1. The van der Waals surface area contributed by atoms with E-state index in [0.717, 1.165) is 11.9 Å². The van der Waals surface area contributed by atoms with E-state index < -0.39 is 4.92 Å². The van der Waals surface area contributed by atoms with Crippen molar-refractivity contribution >= 4 is 22.7 Å². The fourth-order valence-corrected chi connectivity index (χ4v) is 2.83. The fraction of sp³-hybridized carbons (Fsp3) is 0.105. The summed E-state index contributed by atoms with van der Waals surface area (Å²) in [6.07, 6.45) is 4.14. The first-order valence-electron chi connectivity index (χ1n) is 8.43. The molecule has 2 aromatic heterocycles. The van der Waals surface area contributed by atoms with Crippen molar-refractivity contribution in [1.82, 2.24) is 19.5 Å². The minimum absolute atomic E-state index is 0.0127. The van der Waals surface area contributed by atoms with Crippen LogP contribution in [0.2, 0.25) is 0 Å². The van der Waals surface area contributed by atoms with Gasteiger partial charge in [-0.25, -0.2) is 9.97 Å². The van der Waals surface area contributed by atoms with Crippen LogP contribution in [-0.4, -0.2) is 31.0 Å². The molecule has 2 aromatic carbocycles. The predicted molar refractivity (Wildman–Crippen MR) is 102 cm³/mol. The molecule has 0 aliphatic carbocycles. The van der Waals surface area contributed by atoms with Crippen LogP contribution in [0.4, 0.5) is 11.6 Å². The van der Waals surface area contributed by atoms with Gasteiger partial charge in [-0.3, -0.25) is 14.7 Å². The molecule has 27 heavy (non-hydrogen) atoms. The second kappa shape index (κ2) is 7.20. The second-order valence-electron chi connectivity index (χ2n) is 5.95. The lowest BCUT2D eigenvalue weighted by molar-refractivity contribution is -0.384. The third kappa shape index (κ3) is 3.59. The lowest BCUT2D eigenvalue weighted by Crippen LogP contribution is -2.09. The fourth-order valence-electron chi connectivity index (χ4n) is 2.83. The molecule has 1 N–H and O–H groups in total. The summed E-state index contributed by atoms with van der Waals surface area (Å²) in [5, 5.41) is 14.1. The molecule has 8 heteroatoms. The zero-order chi connectivity index (χ0) is 18.6. The van der Waals surface area contributed by atoms with Crippen LogP contribution in [0, 0.1) is 10.1 Å². The van der Waals surface area contributed by atoms with Gasteiger partial charge in [0.2, 0.25) is 5.95 Å². The van der Waals surface area contributed by atoms with Crippen molar-refractivity contribution in [3.63, 3.8) is 0 Å². The molecule has 0 unspecified atom stereocenters. The highest BCUT2D eigenvalue weighted by Crippen LogP contribution is 2.22. The van der Waals surface area contributed by atoms with E-state index in [4.69, 9.17) is 0 Å². The Morgan fingerprint density at radius 3 is 2.74 bits per heavy atom. The summed E-state index contributed by atoms with van der Waals surface area (Å²) in [5.41, 5.74) is 2.54. The summed E-state index contributed by atoms with van der Waals surface area (Å²) in [6, 6.07) is 16.5. The Hall–Kier alpha value is -3.81. The van der Waals surface area contributed by atoms with Gasteiger partial charge in [-0.15, -0.1) is 0 Å². The largest absolute Gasteiger partial charge is 0.354 e. The minimum atomic E-state index is -0.433. The standard InChI is InChI=1S/C19H16N6O2/c26-25(27)15-6-7-17-16(12-15)22-13-24(17)18-9-11-21-19(23-18)20-10-8-14-4-2-1-3-5-14/h1-7,9,11-13H,8,10H2,(H,20,21,23). The summed E-state index contributed by atoms with van der Waals surface area (Å²) >= 11 is 0. The Morgan fingerprint density at radius 2 is 1.93 bits per heavy atom. The molecule has 0 atom stereocenters. The molecule has 4 aromatic rings. The molecule has 2 heterocycles. The van der Waals surface area contributed by atoms with Crippen LogP contribution in [-0.2, 0) is 6.42 Å². The number of rotatable bonds is 6. The molecule has 0 spiro atoms. The van der Waals surface area contributed by atoms with Crippen molar-refractivity contribution in [2.24, 2.45) is 0 Å². The third-order valence-corrected chi connectivity index (χ3v) is 4.17. The van der Waals surface area contributed by atoms with Crippen LogP contribution in [0.25, 0.3) is 16.9 Å². The van der Waals surface area contributed by atoms with E-state index in [1.54, 1.807) is 29.2 Å². The van der Waals surface area contributed by atoms with Crippen molar-refractivity contribution in [1.29, 1.82) is 0 Å². The van der Waals surface area contributed by atoms with E-state index in [1.165, 1.54) is 17.7 Å². The van der Waals surface area contributed by atoms with Crippen molar-refractivity contribution in [3.05, 3.63) is 82.8 Å². The Morgan fingerprint density at radius 1 is 1.07 bits per heavy atom. The van der Waals surface area contributed by atoms with E-state index in [-0.39, 0.29) is 5.69 Å². The first-order chi connectivity index (χ1) is 13.2. The molecule has 4 rings (SSSR count). The number of anilines is 1. The van der Waals surface area contributed by atoms with Crippen LogP contribution in [0.5, 0.6) is 0 Å². The van der Waals surface area contributed by atoms with E-state index in [2.05, 4.69) is 32.4 Å². The molecule has 0 amide bonds. The molecule has 0 fully saturated rings. The molecule has 0 aliphatic rings. The average molecular weight is 360 g/mol. The third-order valence-electron chi connectivity index (χ3n) is 4.17. The van der Waals surface area contributed by atoms with Gasteiger partial charge >= 0.3 is 0 Å². The maximum Gasteiger partial charge on any atom is 0.271 e. The highest BCUT2D eigenvalue weighted by molar-refractivity contribution is 5.79. The van der Waals surface area contributed by atoms with Gasteiger partial charge in [0, 0.05) is 24.9 Å². The Kier molecular flexibility index (Phi) is 4.44. The first-order valence-corrected chi connectivity index (χ1v) is 8.43. The SMILES string of the molecule is O=[N+]([O-])c1ccc2c(c1)ncn2-c1ccnc(NCCc2ccccc2)n1. The normalized spacial score (nSPS) is 10.8. The van der Waals surface area contributed by atoms with Crippen molar-refractivity contribution in [2.75, 3.05) is 11.9 Å². The summed E-state index contributed by atoms with van der Waals surface area (Å²) < 4.78 is 1.78. The van der Waals surface area contributed by atoms with E-state index in [0.29, 0.717) is 23.8 Å². The number of non-ortho nitro benzene ring substituents is 1. The van der Waals surface area contributed by atoms with Crippen molar-refractivity contribution in [3.8, 4) is 5.82 Å². The number of aromatic nitrogens is 4. The maximum atomic E-state index is 10.9. The molecular weight excluding hydrogens is 344 g/mol. The number of imidazole rings is 1. The highest BCUT2D eigenvalue weighted by atomic mass is 16.6. The molecule has 0 aliphatic heterocycles. The van der Waals surface area contributed by atoms with Crippen LogP contribution in [0.1, 0.15) is 5.56 Å². The van der Waals surface area contributed by atoms with Crippen molar-refractivity contribution in [2.45, 2.75) is 6.42 Å². The first kappa shape index (κ1) is 16.6. The number of fused-ring (bicyclic) bond motifs is 1. The minimum Gasteiger partial charge on any atom is -0.354 e. The predicted octanol–water partition coefficient (Wildman–Crippen LogP) is 3.38. The zero-order valence-electron chi connectivity index (χ0n) is 14.3. The number of nitro benzene ring substituents is 1. The van der Waals surface area contributed by atoms with Gasteiger partial charge in [0.05, 0.1) is 16.0 Å². The summed E-state index contributed by atoms with van der Waals surface area (Å²) in [4.78, 5) is 23.5. The van der Waals surface area contributed by atoms with Gasteiger partial charge in [0.1, 0.15) is 12.1 Å². The monoisotopic (exact) mass is 360 g/mol. The van der Waals surface area contributed by atoms with Gasteiger partial charge in [-0.2, -0.15) is 4.98 Å². The van der Waals surface area contributed by atoms with Gasteiger partial charge < -0.3 is 5.32 Å². The Labute approximate surface area is 154 Å². The van der Waals surface area contributed by atoms with Crippen LogP contribution in [0.15, 0.2) is 67.1 Å². The molecule has 8 nitrogen and oxygen atoms in total. The van der Waals surface area contributed by atoms with Crippen LogP contribution >= 0.6 is 0 Å². The van der Waals surface area contributed by atoms with Gasteiger partial charge in [0.25, 0.3) is 5.69 Å². The molecule has 0 saturated heterocycles. The number of benzene rings is 2. The summed E-state index contributed by atoms with van der Waals surface area (Å²) in [7, 11) is 0. The van der Waals surface area contributed by atoms with E-state index >= 15 is 0 Å². The maximum absolute atomic E-state index is 10.9. The van der Waals surface area contributed by atoms with E-state index in [1.807, 2.05) is 18.2 Å². The summed E-state index contributed by atoms with van der Waals surface area (Å²) in [6.45, 7) is 0.713. The number of nitrogens with zero attached hydrogens (tertiary/aromatic N) is 5. The Balaban J connectivity index is 1.53. The van der Waals surface area contributed by atoms with Crippen LogP contribution < -0.4 is 5.32 Å². The quantitative estimate of drug-likeness (QED) is 0.418. The summed E-state index contributed by atoms with van der Waals surface area (Å²) in [5.74, 6) is 1.16. The van der Waals surface area contributed by atoms with Gasteiger partial charge in [0.15, 0.2) is 0 Å². The second-order valence-corrected chi connectivity index (χ2v) is 5.95. The molecule has 0 saturated carbocycles. The lowest BCUT2D eigenvalue weighted by atomic mass is 10.1. The van der Waals surface area contributed by atoms with E-state index in [9.17, 15) is 10.1 Å². The highest BCUT2D eigenvalue weighted by Gasteiger charge is 2.11. The van der Waals surface area contributed by atoms with Crippen LogP contribution in [0.3, 0.4) is 0 Å².